The van der Waals surface area contributed by atoms with E-state index in [2.05, 4.69) is 6.08 Å². The van der Waals surface area contributed by atoms with Gasteiger partial charge in [-0.3, -0.25) is 0 Å². The van der Waals surface area contributed by atoms with Crippen molar-refractivity contribution >= 4 is 6.08 Å². The maximum Gasteiger partial charge on any atom is 0.335 e. The van der Waals surface area contributed by atoms with E-state index in [9.17, 15) is 4.79 Å². The molecule has 74 valence electrons. The highest BCUT2D eigenvalue weighted by molar-refractivity contribution is 5.53. The summed E-state index contributed by atoms with van der Waals surface area (Å²) in [6, 6.07) is 3.24. The molecular weight excluding hydrogens is 180 g/mol. The van der Waals surface area contributed by atoms with Crippen molar-refractivity contribution in [3.05, 3.63) is 40.0 Å². The molecule has 0 saturated carbocycles. The molecule has 0 aromatic carbocycles. The highest BCUT2D eigenvalue weighted by atomic mass is 16.5. The van der Waals surface area contributed by atoms with E-state index in [1.807, 2.05) is 6.08 Å². The summed E-state index contributed by atoms with van der Waals surface area (Å²) in [6.45, 7) is 0.661. The lowest BCUT2D eigenvalue weighted by molar-refractivity contribution is 0.166. The number of ether oxygens (including phenoxy) is 1. The van der Waals surface area contributed by atoms with Gasteiger partial charge in [-0.25, -0.2) is 4.79 Å². The smallest absolute Gasteiger partial charge is 0.335 e. The normalized spacial score (nSPS) is 19.4. The zero-order valence-corrected chi connectivity index (χ0v) is 8.03. The molecule has 1 heterocycles. The average Bonchev–Trinajstić information content (AvgIpc) is 2.17. The summed E-state index contributed by atoms with van der Waals surface area (Å²) in [5, 5.41) is 0. The lowest BCUT2D eigenvalue weighted by Gasteiger charge is -2.16. The first-order valence-electron chi connectivity index (χ1n) is 4.60. The summed E-state index contributed by atoms with van der Waals surface area (Å²) >= 11 is 0. The third kappa shape index (κ3) is 1.77. The Morgan fingerprint density at radius 2 is 2.43 bits per heavy atom. The van der Waals surface area contributed by atoms with Gasteiger partial charge in [-0.15, -0.1) is 0 Å². The van der Waals surface area contributed by atoms with Crippen LogP contribution in [0.2, 0.25) is 0 Å². The number of hydrogen-bond donors (Lipinski definition) is 0. The Morgan fingerprint density at radius 1 is 1.57 bits per heavy atom. The van der Waals surface area contributed by atoms with E-state index < -0.39 is 0 Å². The largest absolute Gasteiger partial charge is 0.427 e. The van der Waals surface area contributed by atoms with Crippen molar-refractivity contribution in [2.75, 3.05) is 13.7 Å². The van der Waals surface area contributed by atoms with Crippen molar-refractivity contribution < 1.29 is 9.15 Å². The highest BCUT2D eigenvalue weighted by Crippen LogP contribution is 2.21. The van der Waals surface area contributed by atoms with Gasteiger partial charge < -0.3 is 9.15 Å². The Labute approximate surface area is 82.0 Å². The maximum atomic E-state index is 11.0. The van der Waals surface area contributed by atoms with E-state index in [1.54, 1.807) is 13.2 Å². The Kier molecular flexibility index (Phi) is 2.50. The molecule has 0 amide bonds. The van der Waals surface area contributed by atoms with Crippen molar-refractivity contribution in [2.45, 2.75) is 6.42 Å². The molecule has 1 atom stereocenters. The molecule has 3 nitrogen and oxygen atoms in total. The Hall–Kier alpha value is -1.35. The first kappa shape index (κ1) is 9.21. The third-order valence-electron chi connectivity index (χ3n) is 2.32. The molecule has 0 radical (unpaired) electrons. The number of fused-ring (bicyclic) bond motifs is 1. The Bertz CT molecular complexity index is 403. The minimum atomic E-state index is -0.282. The van der Waals surface area contributed by atoms with Crippen molar-refractivity contribution in [1.82, 2.24) is 0 Å². The minimum absolute atomic E-state index is 0.282. The zero-order chi connectivity index (χ0) is 9.97. The van der Waals surface area contributed by atoms with Gasteiger partial charge in [-0.05, 0) is 6.07 Å². The average molecular weight is 192 g/mol. The second-order valence-corrected chi connectivity index (χ2v) is 3.41. The SMILES string of the molecule is COCC1C=Cc2ccc(=O)oc2C1. The lowest BCUT2D eigenvalue weighted by atomic mass is 9.95. The van der Waals surface area contributed by atoms with E-state index in [0.29, 0.717) is 12.5 Å². The van der Waals surface area contributed by atoms with Gasteiger partial charge in [0.05, 0.1) is 6.61 Å². The van der Waals surface area contributed by atoms with Gasteiger partial charge in [0.15, 0.2) is 0 Å². The van der Waals surface area contributed by atoms with Crippen molar-refractivity contribution in [2.24, 2.45) is 5.92 Å². The van der Waals surface area contributed by atoms with Gasteiger partial charge >= 0.3 is 5.63 Å². The minimum Gasteiger partial charge on any atom is -0.427 e. The summed E-state index contributed by atoms with van der Waals surface area (Å²) in [5.74, 6) is 1.08. The van der Waals surface area contributed by atoms with Crippen LogP contribution < -0.4 is 5.63 Å². The Morgan fingerprint density at radius 3 is 3.21 bits per heavy atom. The van der Waals surface area contributed by atoms with Crippen LogP contribution in [0.15, 0.2) is 27.4 Å². The number of rotatable bonds is 2. The van der Waals surface area contributed by atoms with Crippen LogP contribution in [-0.4, -0.2) is 13.7 Å². The van der Waals surface area contributed by atoms with Gasteiger partial charge in [-0.1, -0.05) is 12.2 Å². The Balaban J connectivity index is 2.28. The fourth-order valence-electron chi connectivity index (χ4n) is 1.65. The summed E-state index contributed by atoms with van der Waals surface area (Å²) in [7, 11) is 1.67. The van der Waals surface area contributed by atoms with Gasteiger partial charge in [0.25, 0.3) is 0 Å². The van der Waals surface area contributed by atoms with Crippen LogP contribution in [0.4, 0.5) is 0 Å². The molecule has 1 aliphatic carbocycles. The van der Waals surface area contributed by atoms with Crippen molar-refractivity contribution in [3.8, 4) is 0 Å². The second kappa shape index (κ2) is 3.80. The van der Waals surface area contributed by atoms with E-state index in [-0.39, 0.29) is 5.63 Å². The first-order chi connectivity index (χ1) is 6.79. The summed E-state index contributed by atoms with van der Waals surface area (Å²) < 4.78 is 10.2. The predicted octanol–water partition coefficient (Wildman–Crippen LogP) is 1.47. The van der Waals surface area contributed by atoms with Crippen molar-refractivity contribution in [1.29, 1.82) is 0 Å². The summed E-state index contributed by atoms with van der Waals surface area (Å²) in [5.41, 5.74) is 0.715. The van der Waals surface area contributed by atoms with E-state index in [1.165, 1.54) is 6.07 Å². The van der Waals surface area contributed by atoms with E-state index in [4.69, 9.17) is 9.15 Å². The predicted molar refractivity (Wildman–Crippen MR) is 53.1 cm³/mol. The standard InChI is InChI=1S/C11H12O3/c1-13-7-8-2-3-9-4-5-11(12)14-10(9)6-8/h2-5,8H,6-7H2,1H3. The molecule has 0 aliphatic heterocycles. The molecule has 14 heavy (non-hydrogen) atoms. The topological polar surface area (TPSA) is 39.4 Å². The van der Waals surface area contributed by atoms with Gasteiger partial charge in [0.1, 0.15) is 5.76 Å². The maximum absolute atomic E-state index is 11.0. The summed E-state index contributed by atoms with van der Waals surface area (Å²) in [4.78, 5) is 11.0. The van der Waals surface area contributed by atoms with Crippen molar-refractivity contribution in [3.63, 3.8) is 0 Å². The fourth-order valence-corrected chi connectivity index (χ4v) is 1.65. The number of methoxy groups -OCH3 is 1. The molecule has 2 rings (SSSR count). The molecule has 0 fully saturated rings. The first-order valence-corrected chi connectivity index (χ1v) is 4.60. The van der Waals surface area contributed by atoms with Gasteiger partial charge in [-0.2, -0.15) is 0 Å². The molecule has 3 heteroatoms. The van der Waals surface area contributed by atoms with E-state index >= 15 is 0 Å². The second-order valence-electron chi connectivity index (χ2n) is 3.41. The zero-order valence-electron chi connectivity index (χ0n) is 8.03. The quantitative estimate of drug-likeness (QED) is 0.712. The molecule has 0 spiro atoms. The molecule has 0 bridgehead atoms. The van der Waals surface area contributed by atoms with E-state index in [0.717, 1.165) is 17.7 Å². The van der Waals surface area contributed by atoms with Crippen LogP contribution in [-0.2, 0) is 11.2 Å². The molecule has 1 aromatic heterocycles. The van der Waals surface area contributed by atoms with Crippen LogP contribution >= 0.6 is 0 Å². The van der Waals surface area contributed by atoms with Crippen LogP contribution in [0.5, 0.6) is 0 Å². The molecule has 0 N–H and O–H groups in total. The van der Waals surface area contributed by atoms with Gasteiger partial charge in [0, 0.05) is 31.1 Å². The fraction of sp³-hybridized carbons (Fsp3) is 0.364. The molecule has 0 saturated heterocycles. The molecular formula is C11H12O3. The number of hydrogen-bond acceptors (Lipinski definition) is 3. The lowest BCUT2D eigenvalue weighted by Crippen LogP contribution is -2.14. The third-order valence-corrected chi connectivity index (χ3v) is 2.32. The van der Waals surface area contributed by atoms with Crippen LogP contribution in [0.1, 0.15) is 11.3 Å². The van der Waals surface area contributed by atoms with Crippen LogP contribution in [0, 0.1) is 5.92 Å². The monoisotopic (exact) mass is 192 g/mol. The van der Waals surface area contributed by atoms with Crippen LogP contribution in [0.25, 0.3) is 6.08 Å². The summed E-state index contributed by atoms with van der Waals surface area (Å²) in [6.07, 6.45) is 4.81. The molecule has 1 aliphatic rings. The molecule has 1 unspecified atom stereocenters. The highest BCUT2D eigenvalue weighted by Gasteiger charge is 2.15. The molecule has 1 aromatic rings. The van der Waals surface area contributed by atoms with Crippen LogP contribution in [0.3, 0.4) is 0 Å². The van der Waals surface area contributed by atoms with Gasteiger partial charge in [0.2, 0.25) is 0 Å².